The molecule has 1 aliphatic carbocycles. The third-order valence-corrected chi connectivity index (χ3v) is 5.07. The maximum Gasteiger partial charge on any atom is 0.137 e. The molecule has 0 saturated heterocycles. The van der Waals surface area contributed by atoms with E-state index in [4.69, 9.17) is 0 Å². The zero-order valence-corrected chi connectivity index (χ0v) is 11.9. The highest BCUT2D eigenvalue weighted by Crippen LogP contribution is 2.44. The Hall–Kier alpha value is -1.64. The molecule has 0 atom stereocenters. The van der Waals surface area contributed by atoms with Crippen molar-refractivity contribution in [3.05, 3.63) is 47.5 Å². The molecule has 104 valence electrons. The quantitative estimate of drug-likeness (QED) is 0.834. The number of hydrogen-bond acceptors (Lipinski definition) is 2. The van der Waals surface area contributed by atoms with Gasteiger partial charge < -0.3 is 4.57 Å². The Labute approximate surface area is 120 Å². The van der Waals surface area contributed by atoms with Crippen LogP contribution in [0.15, 0.2) is 30.3 Å². The van der Waals surface area contributed by atoms with Gasteiger partial charge in [0.05, 0.1) is 0 Å². The van der Waals surface area contributed by atoms with E-state index in [1.807, 2.05) is 0 Å². The summed E-state index contributed by atoms with van der Waals surface area (Å²) < 4.78 is 2.51. The largest absolute Gasteiger partial charge is 0.308 e. The molecule has 1 spiro atoms. The van der Waals surface area contributed by atoms with Gasteiger partial charge in [-0.1, -0.05) is 49.6 Å². The fourth-order valence-corrected chi connectivity index (χ4v) is 4.10. The topological polar surface area (TPSA) is 30.7 Å². The van der Waals surface area contributed by atoms with Crippen molar-refractivity contribution in [1.29, 1.82) is 0 Å². The predicted molar refractivity (Wildman–Crippen MR) is 78.7 cm³/mol. The van der Waals surface area contributed by atoms with Crippen molar-refractivity contribution in [3.63, 3.8) is 0 Å². The second kappa shape index (κ2) is 4.72. The number of aromatic nitrogens is 3. The highest BCUT2D eigenvalue weighted by atomic mass is 15.3. The fraction of sp³-hybridized carbons (Fsp3) is 0.529. The van der Waals surface area contributed by atoms with E-state index in [1.165, 1.54) is 55.7 Å². The molecule has 1 aromatic heterocycles. The second-order valence-corrected chi connectivity index (χ2v) is 6.32. The van der Waals surface area contributed by atoms with Crippen LogP contribution in [0.25, 0.3) is 0 Å². The third kappa shape index (κ3) is 1.88. The van der Waals surface area contributed by atoms with Gasteiger partial charge in [-0.2, -0.15) is 0 Å². The van der Waals surface area contributed by atoms with Crippen LogP contribution in [0, 0.1) is 0 Å². The van der Waals surface area contributed by atoms with Gasteiger partial charge in [-0.3, -0.25) is 0 Å². The molecule has 20 heavy (non-hydrogen) atoms. The van der Waals surface area contributed by atoms with Crippen LogP contribution in [-0.2, 0) is 18.4 Å². The third-order valence-electron chi connectivity index (χ3n) is 5.07. The number of benzene rings is 1. The number of rotatable bonds is 2. The molecule has 1 fully saturated rings. The maximum absolute atomic E-state index is 4.50. The first-order chi connectivity index (χ1) is 9.87. The van der Waals surface area contributed by atoms with E-state index < -0.39 is 0 Å². The van der Waals surface area contributed by atoms with Crippen LogP contribution in [0.4, 0.5) is 0 Å². The summed E-state index contributed by atoms with van der Waals surface area (Å²) in [4.78, 5) is 0. The van der Waals surface area contributed by atoms with Crippen molar-refractivity contribution in [2.45, 2.75) is 56.9 Å². The van der Waals surface area contributed by atoms with Crippen molar-refractivity contribution in [3.8, 4) is 0 Å². The molecular formula is C17H21N3. The Balaban J connectivity index is 1.70. The SMILES string of the molecule is c1ccc(Cc2nnc3n2C2(CCCCC2)CC3)cc1. The highest BCUT2D eigenvalue weighted by Gasteiger charge is 2.41. The minimum Gasteiger partial charge on any atom is -0.308 e. The minimum atomic E-state index is 0.348. The van der Waals surface area contributed by atoms with Gasteiger partial charge in [0, 0.05) is 18.4 Å². The molecule has 2 aromatic rings. The molecule has 0 unspecified atom stereocenters. The highest BCUT2D eigenvalue weighted by molar-refractivity contribution is 5.21. The van der Waals surface area contributed by atoms with Crippen LogP contribution >= 0.6 is 0 Å². The van der Waals surface area contributed by atoms with Crippen LogP contribution in [0.3, 0.4) is 0 Å². The monoisotopic (exact) mass is 267 g/mol. The number of aryl methyl sites for hydroxylation is 1. The van der Waals surface area contributed by atoms with Crippen LogP contribution in [0.2, 0.25) is 0 Å². The summed E-state index contributed by atoms with van der Waals surface area (Å²) in [6.45, 7) is 0. The average Bonchev–Trinajstić information content (AvgIpc) is 3.05. The van der Waals surface area contributed by atoms with E-state index in [1.54, 1.807) is 0 Å². The molecule has 1 aromatic carbocycles. The Bertz CT molecular complexity index is 594. The van der Waals surface area contributed by atoms with Crippen LogP contribution in [0.1, 0.15) is 55.7 Å². The van der Waals surface area contributed by atoms with E-state index in [0.717, 1.165) is 12.8 Å². The van der Waals surface area contributed by atoms with Gasteiger partial charge >= 0.3 is 0 Å². The zero-order chi connectivity index (χ0) is 13.4. The molecule has 0 radical (unpaired) electrons. The molecule has 3 heteroatoms. The Morgan fingerprint density at radius 1 is 0.950 bits per heavy atom. The number of hydrogen-bond donors (Lipinski definition) is 0. The molecule has 3 nitrogen and oxygen atoms in total. The smallest absolute Gasteiger partial charge is 0.137 e. The van der Waals surface area contributed by atoms with Gasteiger partial charge in [0.1, 0.15) is 11.6 Å². The van der Waals surface area contributed by atoms with E-state index in [2.05, 4.69) is 45.1 Å². The van der Waals surface area contributed by atoms with Gasteiger partial charge in [0.25, 0.3) is 0 Å². The lowest BCUT2D eigenvalue weighted by Gasteiger charge is -2.36. The molecule has 4 rings (SSSR count). The van der Waals surface area contributed by atoms with Gasteiger partial charge in [0.2, 0.25) is 0 Å². The van der Waals surface area contributed by atoms with Crippen molar-refractivity contribution in [1.82, 2.24) is 14.8 Å². The number of fused-ring (bicyclic) bond motifs is 2. The van der Waals surface area contributed by atoms with Crippen molar-refractivity contribution in [2.24, 2.45) is 0 Å². The van der Waals surface area contributed by atoms with Crippen molar-refractivity contribution >= 4 is 0 Å². The lowest BCUT2D eigenvalue weighted by atomic mass is 9.80. The summed E-state index contributed by atoms with van der Waals surface area (Å²) in [6, 6.07) is 10.6. The van der Waals surface area contributed by atoms with Crippen LogP contribution in [-0.4, -0.2) is 14.8 Å². The first kappa shape index (κ1) is 12.1. The summed E-state index contributed by atoms with van der Waals surface area (Å²) in [6.07, 6.45) is 10.1. The Morgan fingerprint density at radius 3 is 2.55 bits per heavy atom. The molecule has 1 aliphatic heterocycles. The molecule has 0 bridgehead atoms. The number of nitrogens with zero attached hydrogens (tertiary/aromatic N) is 3. The normalized spacial score (nSPS) is 20.2. The summed E-state index contributed by atoms with van der Waals surface area (Å²) in [5.41, 5.74) is 1.68. The van der Waals surface area contributed by atoms with Crippen LogP contribution < -0.4 is 0 Å². The van der Waals surface area contributed by atoms with Gasteiger partial charge in [0.15, 0.2) is 0 Å². The van der Waals surface area contributed by atoms with Crippen LogP contribution in [0.5, 0.6) is 0 Å². The standard InChI is InChI=1S/C17H21N3/c1-3-7-14(8-4-1)13-16-19-18-15-9-12-17(20(15)16)10-5-2-6-11-17/h1,3-4,7-8H,2,5-6,9-13H2. The molecule has 0 amide bonds. The maximum atomic E-state index is 4.50. The summed E-state index contributed by atoms with van der Waals surface area (Å²) in [5.74, 6) is 2.39. The zero-order valence-electron chi connectivity index (χ0n) is 11.9. The molecule has 2 aliphatic rings. The fourth-order valence-electron chi connectivity index (χ4n) is 4.10. The second-order valence-electron chi connectivity index (χ2n) is 6.32. The van der Waals surface area contributed by atoms with E-state index in [0.29, 0.717) is 5.54 Å². The van der Waals surface area contributed by atoms with E-state index in [-0.39, 0.29) is 0 Å². The summed E-state index contributed by atoms with van der Waals surface area (Å²) in [7, 11) is 0. The minimum absolute atomic E-state index is 0.348. The average molecular weight is 267 g/mol. The lowest BCUT2D eigenvalue weighted by Crippen LogP contribution is -2.34. The lowest BCUT2D eigenvalue weighted by molar-refractivity contribution is 0.199. The van der Waals surface area contributed by atoms with Gasteiger partial charge in [-0.25, -0.2) is 0 Å². The van der Waals surface area contributed by atoms with E-state index >= 15 is 0 Å². The van der Waals surface area contributed by atoms with Crippen molar-refractivity contribution < 1.29 is 0 Å². The van der Waals surface area contributed by atoms with E-state index in [9.17, 15) is 0 Å². The Kier molecular flexibility index (Phi) is 2.86. The first-order valence-electron chi connectivity index (χ1n) is 7.85. The summed E-state index contributed by atoms with van der Waals surface area (Å²) >= 11 is 0. The van der Waals surface area contributed by atoms with Gasteiger partial charge in [-0.15, -0.1) is 10.2 Å². The summed E-state index contributed by atoms with van der Waals surface area (Å²) in [5, 5.41) is 8.95. The Morgan fingerprint density at radius 2 is 1.75 bits per heavy atom. The molecular weight excluding hydrogens is 246 g/mol. The molecule has 1 saturated carbocycles. The van der Waals surface area contributed by atoms with Gasteiger partial charge in [-0.05, 0) is 24.8 Å². The van der Waals surface area contributed by atoms with Crippen molar-refractivity contribution in [2.75, 3.05) is 0 Å². The molecule has 2 heterocycles. The molecule has 0 N–H and O–H groups in total. The predicted octanol–water partition coefficient (Wildman–Crippen LogP) is 3.47. The first-order valence-corrected chi connectivity index (χ1v) is 7.85.